The van der Waals surface area contributed by atoms with Gasteiger partial charge in [0.2, 0.25) is 0 Å². The van der Waals surface area contributed by atoms with E-state index < -0.39 is 12.0 Å². The second kappa shape index (κ2) is 3.86. The molecule has 0 aromatic heterocycles. The molecule has 5 heteroatoms. The van der Waals surface area contributed by atoms with E-state index in [9.17, 15) is 4.79 Å². The number of nitrogen functional groups attached to an aromatic ring is 1. The first-order valence-electron chi connectivity index (χ1n) is 4.02. The van der Waals surface area contributed by atoms with Gasteiger partial charge in [0.05, 0.1) is 16.3 Å². The smallest absolute Gasteiger partial charge is 0.336 e. The van der Waals surface area contributed by atoms with E-state index in [-0.39, 0.29) is 11.3 Å². The van der Waals surface area contributed by atoms with Crippen LogP contribution in [0.2, 0.25) is 5.02 Å². The summed E-state index contributed by atoms with van der Waals surface area (Å²) in [5.41, 5.74) is 12.0. The minimum atomic E-state index is -1.05. The number of hydrogen-bond donors (Lipinski definition) is 3. The molecule has 1 aromatic carbocycles. The van der Waals surface area contributed by atoms with Crippen molar-refractivity contribution >= 4 is 23.3 Å². The van der Waals surface area contributed by atoms with Gasteiger partial charge in [0, 0.05) is 11.6 Å². The summed E-state index contributed by atoms with van der Waals surface area (Å²) in [5.74, 6) is -1.05. The summed E-state index contributed by atoms with van der Waals surface area (Å²) < 4.78 is 0. The van der Waals surface area contributed by atoms with Crippen LogP contribution in [0.15, 0.2) is 12.1 Å². The van der Waals surface area contributed by atoms with Crippen LogP contribution in [0.5, 0.6) is 0 Å². The maximum atomic E-state index is 10.8. The summed E-state index contributed by atoms with van der Waals surface area (Å²) >= 11 is 5.76. The second-order valence-electron chi connectivity index (χ2n) is 3.02. The second-order valence-corrected chi connectivity index (χ2v) is 3.42. The third-order valence-corrected chi connectivity index (χ3v) is 2.25. The molecular weight excluding hydrogens is 204 g/mol. The third kappa shape index (κ3) is 1.81. The van der Waals surface area contributed by atoms with E-state index >= 15 is 0 Å². The van der Waals surface area contributed by atoms with Crippen LogP contribution in [0.4, 0.5) is 5.69 Å². The van der Waals surface area contributed by atoms with E-state index in [1.807, 2.05) is 0 Å². The third-order valence-electron chi connectivity index (χ3n) is 1.92. The Hall–Kier alpha value is -1.26. The lowest BCUT2D eigenvalue weighted by Gasteiger charge is -2.13. The zero-order valence-corrected chi connectivity index (χ0v) is 8.38. The topological polar surface area (TPSA) is 89.3 Å². The first-order valence-corrected chi connectivity index (χ1v) is 4.39. The van der Waals surface area contributed by atoms with Crippen LogP contribution in [0, 0.1) is 0 Å². The van der Waals surface area contributed by atoms with Gasteiger partial charge < -0.3 is 16.6 Å². The Morgan fingerprint density at radius 1 is 1.57 bits per heavy atom. The van der Waals surface area contributed by atoms with Crippen LogP contribution in [0.3, 0.4) is 0 Å². The molecule has 0 radical (unpaired) electrons. The van der Waals surface area contributed by atoms with Gasteiger partial charge in [-0.2, -0.15) is 0 Å². The van der Waals surface area contributed by atoms with E-state index in [1.165, 1.54) is 12.1 Å². The number of anilines is 1. The van der Waals surface area contributed by atoms with Gasteiger partial charge in [-0.05, 0) is 19.1 Å². The highest BCUT2D eigenvalue weighted by atomic mass is 35.5. The summed E-state index contributed by atoms with van der Waals surface area (Å²) in [4.78, 5) is 10.8. The first kappa shape index (κ1) is 10.8. The van der Waals surface area contributed by atoms with Crippen LogP contribution < -0.4 is 11.5 Å². The standard InChI is InChI=1S/C9H11ClN2O2/c1-4(11)7-5(9(13)14)2-3-6(10)8(7)12/h2-4H,11-12H2,1H3,(H,13,14)/t4-/m1/s1. The Balaban J connectivity index is 3.45. The molecule has 0 saturated heterocycles. The Morgan fingerprint density at radius 2 is 2.14 bits per heavy atom. The zero-order chi connectivity index (χ0) is 10.9. The van der Waals surface area contributed by atoms with Crippen molar-refractivity contribution < 1.29 is 9.90 Å². The van der Waals surface area contributed by atoms with Crippen molar-refractivity contribution in [3.05, 3.63) is 28.3 Å². The summed E-state index contributed by atoms with van der Waals surface area (Å²) in [7, 11) is 0. The van der Waals surface area contributed by atoms with E-state index in [4.69, 9.17) is 28.2 Å². The van der Waals surface area contributed by atoms with Crippen molar-refractivity contribution in [3.8, 4) is 0 Å². The van der Waals surface area contributed by atoms with Crippen LogP contribution >= 0.6 is 11.6 Å². The van der Waals surface area contributed by atoms with Crippen molar-refractivity contribution in [2.45, 2.75) is 13.0 Å². The Labute approximate surface area is 86.5 Å². The predicted molar refractivity (Wildman–Crippen MR) is 55.4 cm³/mol. The summed E-state index contributed by atoms with van der Waals surface area (Å²) in [6, 6.07) is 2.39. The molecule has 0 aliphatic heterocycles. The number of halogens is 1. The molecule has 0 aliphatic rings. The highest BCUT2D eigenvalue weighted by Crippen LogP contribution is 2.29. The first-order chi connectivity index (χ1) is 6.45. The molecule has 76 valence electrons. The summed E-state index contributed by atoms with van der Waals surface area (Å²) in [6.45, 7) is 1.66. The largest absolute Gasteiger partial charge is 0.478 e. The van der Waals surface area contributed by atoms with Crippen molar-refractivity contribution in [1.82, 2.24) is 0 Å². The number of carbonyl (C=O) groups is 1. The molecule has 4 nitrogen and oxygen atoms in total. The van der Waals surface area contributed by atoms with Gasteiger partial charge in [-0.15, -0.1) is 0 Å². The molecule has 0 saturated carbocycles. The summed E-state index contributed by atoms with van der Waals surface area (Å²) in [6.07, 6.45) is 0. The number of carboxylic acid groups (broad SMARTS) is 1. The van der Waals surface area contributed by atoms with E-state index in [2.05, 4.69) is 0 Å². The van der Waals surface area contributed by atoms with E-state index in [1.54, 1.807) is 6.92 Å². The van der Waals surface area contributed by atoms with Crippen molar-refractivity contribution in [2.75, 3.05) is 5.73 Å². The molecule has 0 heterocycles. The van der Waals surface area contributed by atoms with Crippen LogP contribution in [-0.2, 0) is 0 Å². The molecule has 0 unspecified atom stereocenters. The van der Waals surface area contributed by atoms with Crippen LogP contribution in [-0.4, -0.2) is 11.1 Å². The van der Waals surface area contributed by atoms with Gasteiger partial charge in [-0.25, -0.2) is 4.79 Å². The fourth-order valence-corrected chi connectivity index (χ4v) is 1.45. The summed E-state index contributed by atoms with van der Waals surface area (Å²) in [5, 5.41) is 9.20. The fraction of sp³-hybridized carbons (Fsp3) is 0.222. The van der Waals surface area contributed by atoms with Gasteiger partial charge >= 0.3 is 5.97 Å². The normalized spacial score (nSPS) is 12.5. The lowest BCUT2D eigenvalue weighted by Crippen LogP contribution is -2.14. The molecule has 0 spiro atoms. The lowest BCUT2D eigenvalue weighted by molar-refractivity contribution is 0.0695. The average Bonchev–Trinajstić information content (AvgIpc) is 2.08. The molecular formula is C9H11ClN2O2. The number of aromatic carboxylic acids is 1. The Morgan fingerprint density at radius 3 is 2.57 bits per heavy atom. The van der Waals surface area contributed by atoms with E-state index in [0.717, 1.165) is 0 Å². The highest BCUT2D eigenvalue weighted by molar-refractivity contribution is 6.33. The fourth-order valence-electron chi connectivity index (χ4n) is 1.29. The lowest BCUT2D eigenvalue weighted by atomic mass is 10.00. The number of rotatable bonds is 2. The molecule has 5 N–H and O–H groups in total. The molecule has 1 atom stereocenters. The quantitative estimate of drug-likeness (QED) is 0.653. The maximum Gasteiger partial charge on any atom is 0.336 e. The molecule has 14 heavy (non-hydrogen) atoms. The number of benzene rings is 1. The SMILES string of the molecule is C[C@@H](N)c1c(C(=O)O)ccc(Cl)c1N. The van der Waals surface area contributed by atoms with Gasteiger partial charge in [-0.1, -0.05) is 11.6 Å². The molecule has 0 aliphatic carbocycles. The van der Waals surface area contributed by atoms with Gasteiger partial charge in [0.15, 0.2) is 0 Å². The molecule has 0 fully saturated rings. The molecule has 1 rings (SSSR count). The van der Waals surface area contributed by atoms with Crippen LogP contribution in [0.25, 0.3) is 0 Å². The van der Waals surface area contributed by atoms with Crippen molar-refractivity contribution in [1.29, 1.82) is 0 Å². The monoisotopic (exact) mass is 214 g/mol. The van der Waals surface area contributed by atoms with Crippen molar-refractivity contribution in [2.24, 2.45) is 5.73 Å². The highest BCUT2D eigenvalue weighted by Gasteiger charge is 2.17. The van der Waals surface area contributed by atoms with E-state index in [0.29, 0.717) is 10.6 Å². The Bertz CT molecular complexity index is 377. The van der Waals surface area contributed by atoms with Gasteiger partial charge in [0.25, 0.3) is 0 Å². The Kier molecular flexibility index (Phi) is 2.98. The van der Waals surface area contributed by atoms with Crippen molar-refractivity contribution in [3.63, 3.8) is 0 Å². The number of carboxylic acids is 1. The van der Waals surface area contributed by atoms with Gasteiger partial charge in [0.1, 0.15) is 0 Å². The number of nitrogens with two attached hydrogens (primary N) is 2. The van der Waals surface area contributed by atoms with Gasteiger partial charge in [-0.3, -0.25) is 0 Å². The average molecular weight is 215 g/mol. The van der Waals surface area contributed by atoms with Crippen LogP contribution in [0.1, 0.15) is 28.9 Å². The molecule has 0 bridgehead atoms. The minimum absolute atomic E-state index is 0.0990. The molecule has 1 aromatic rings. The number of hydrogen-bond acceptors (Lipinski definition) is 3. The zero-order valence-electron chi connectivity index (χ0n) is 7.62. The predicted octanol–water partition coefficient (Wildman–Crippen LogP) is 1.64. The minimum Gasteiger partial charge on any atom is -0.478 e. The molecule has 0 amide bonds. The maximum absolute atomic E-state index is 10.8.